The van der Waals surface area contributed by atoms with Gasteiger partial charge in [0.25, 0.3) is 0 Å². The van der Waals surface area contributed by atoms with E-state index in [1.165, 1.54) is 7.11 Å². The van der Waals surface area contributed by atoms with Gasteiger partial charge >= 0.3 is 5.97 Å². The highest BCUT2D eigenvalue weighted by Gasteiger charge is 2.27. The van der Waals surface area contributed by atoms with Crippen LogP contribution < -0.4 is 5.32 Å². The number of carbonyl (C=O) groups is 1. The van der Waals surface area contributed by atoms with Crippen molar-refractivity contribution in [3.8, 4) is 0 Å². The van der Waals surface area contributed by atoms with Gasteiger partial charge < -0.3 is 10.1 Å². The van der Waals surface area contributed by atoms with E-state index in [0.717, 1.165) is 19.4 Å². The maximum Gasteiger partial charge on any atom is 0.310 e. The first-order valence-electron chi connectivity index (χ1n) is 4.07. The smallest absolute Gasteiger partial charge is 0.310 e. The largest absolute Gasteiger partial charge is 0.469 e. The molecule has 0 aromatic carbocycles. The van der Waals surface area contributed by atoms with E-state index in [-0.39, 0.29) is 17.9 Å². The number of ether oxygens (including phenoxy) is 1. The van der Waals surface area contributed by atoms with Crippen LogP contribution in [0.2, 0.25) is 0 Å². The number of hydrogen-bond acceptors (Lipinski definition) is 3. The number of rotatable bonds is 1. The summed E-state index contributed by atoms with van der Waals surface area (Å²) in [6, 6.07) is 0.274. The van der Waals surface area contributed by atoms with Crippen molar-refractivity contribution in [1.29, 1.82) is 0 Å². The van der Waals surface area contributed by atoms with Crippen LogP contribution in [-0.4, -0.2) is 25.7 Å². The van der Waals surface area contributed by atoms with Crippen LogP contribution in [-0.2, 0) is 9.53 Å². The Hall–Kier alpha value is -0.570. The lowest BCUT2D eigenvalue weighted by Gasteiger charge is -2.27. The molecule has 0 amide bonds. The van der Waals surface area contributed by atoms with Gasteiger partial charge in [0.2, 0.25) is 0 Å². The molecule has 1 saturated heterocycles. The quantitative estimate of drug-likeness (QED) is 0.565. The van der Waals surface area contributed by atoms with Crippen molar-refractivity contribution in [1.82, 2.24) is 5.32 Å². The second-order valence-corrected chi connectivity index (χ2v) is 3.01. The van der Waals surface area contributed by atoms with Crippen LogP contribution in [0.4, 0.5) is 0 Å². The Bertz CT molecular complexity index is 147. The first kappa shape index (κ1) is 8.53. The third kappa shape index (κ3) is 1.93. The zero-order chi connectivity index (χ0) is 8.27. The summed E-state index contributed by atoms with van der Waals surface area (Å²) in [4.78, 5) is 11.1. The first-order chi connectivity index (χ1) is 5.25. The highest BCUT2D eigenvalue weighted by atomic mass is 16.5. The molecule has 0 unspecified atom stereocenters. The van der Waals surface area contributed by atoms with Crippen molar-refractivity contribution >= 4 is 5.97 Å². The van der Waals surface area contributed by atoms with Gasteiger partial charge in [-0.25, -0.2) is 0 Å². The third-order valence-corrected chi connectivity index (χ3v) is 2.27. The molecule has 3 heteroatoms. The molecule has 64 valence electrons. The lowest BCUT2D eigenvalue weighted by atomic mass is 9.92. The summed E-state index contributed by atoms with van der Waals surface area (Å²) < 4.78 is 4.68. The van der Waals surface area contributed by atoms with E-state index in [9.17, 15) is 4.79 Å². The molecule has 0 spiro atoms. The Balaban J connectivity index is 2.47. The fourth-order valence-corrected chi connectivity index (χ4v) is 1.52. The molecule has 2 atom stereocenters. The first-order valence-corrected chi connectivity index (χ1v) is 4.07. The molecule has 0 radical (unpaired) electrons. The second kappa shape index (κ2) is 3.72. The normalized spacial score (nSPS) is 31.5. The minimum absolute atomic E-state index is 0.0637. The van der Waals surface area contributed by atoms with Gasteiger partial charge in [-0.05, 0) is 26.3 Å². The van der Waals surface area contributed by atoms with Crippen LogP contribution in [0.1, 0.15) is 19.8 Å². The molecule has 0 aromatic rings. The number of piperidine rings is 1. The summed E-state index contributed by atoms with van der Waals surface area (Å²) in [5.74, 6) is -0.0153. The Labute approximate surface area is 67.1 Å². The van der Waals surface area contributed by atoms with E-state index < -0.39 is 0 Å². The molecule has 1 fully saturated rings. The Kier molecular flexibility index (Phi) is 2.88. The average molecular weight is 157 g/mol. The van der Waals surface area contributed by atoms with Crippen LogP contribution in [0.25, 0.3) is 0 Å². The molecule has 0 aromatic heterocycles. The van der Waals surface area contributed by atoms with Crippen molar-refractivity contribution in [2.24, 2.45) is 5.92 Å². The van der Waals surface area contributed by atoms with Crippen LogP contribution in [0, 0.1) is 5.92 Å². The Morgan fingerprint density at radius 1 is 1.64 bits per heavy atom. The molecular weight excluding hydrogens is 142 g/mol. The lowest BCUT2D eigenvalue weighted by molar-refractivity contribution is -0.147. The van der Waals surface area contributed by atoms with Crippen LogP contribution >= 0.6 is 0 Å². The molecule has 1 aliphatic heterocycles. The van der Waals surface area contributed by atoms with Crippen LogP contribution in [0.15, 0.2) is 0 Å². The van der Waals surface area contributed by atoms with E-state index >= 15 is 0 Å². The molecule has 1 rings (SSSR count). The van der Waals surface area contributed by atoms with Crippen molar-refractivity contribution in [3.63, 3.8) is 0 Å². The molecule has 1 heterocycles. The van der Waals surface area contributed by atoms with Crippen molar-refractivity contribution in [2.45, 2.75) is 25.8 Å². The minimum Gasteiger partial charge on any atom is -0.469 e. The third-order valence-electron chi connectivity index (χ3n) is 2.27. The SMILES string of the molecule is COC(=O)[C@@H]1CCCN[C@H]1C. The molecule has 3 nitrogen and oxygen atoms in total. The second-order valence-electron chi connectivity index (χ2n) is 3.01. The monoisotopic (exact) mass is 157 g/mol. The highest BCUT2D eigenvalue weighted by Crippen LogP contribution is 2.16. The fourth-order valence-electron chi connectivity index (χ4n) is 1.52. The predicted octanol–water partition coefficient (Wildman–Crippen LogP) is 0.547. The minimum atomic E-state index is -0.0790. The Morgan fingerprint density at radius 2 is 2.36 bits per heavy atom. The van der Waals surface area contributed by atoms with Crippen molar-refractivity contribution < 1.29 is 9.53 Å². The maximum absolute atomic E-state index is 11.1. The standard InChI is InChI=1S/C8H15NO2/c1-6-7(8(10)11-2)4-3-5-9-6/h6-7,9H,3-5H2,1-2H3/t6-,7+/m0/s1. The van der Waals surface area contributed by atoms with Gasteiger partial charge in [0.1, 0.15) is 0 Å². The van der Waals surface area contributed by atoms with Gasteiger partial charge in [-0.2, -0.15) is 0 Å². The van der Waals surface area contributed by atoms with Gasteiger partial charge in [-0.1, -0.05) is 0 Å². The number of esters is 1. The van der Waals surface area contributed by atoms with Crippen molar-refractivity contribution in [3.05, 3.63) is 0 Å². The molecule has 0 bridgehead atoms. The van der Waals surface area contributed by atoms with Crippen LogP contribution in [0.3, 0.4) is 0 Å². The van der Waals surface area contributed by atoms with Crippen molar-refractivity contribution in [2.75, 3.05) is 13.7 Å². The molecule has 0 aliphatic carbocycles. The number of nitrogens with one attached hydrogen (secondary N) is 1. The topological polar surface area (TPSA) is 38.3 Å². The zero-order valence-electron chi connectivity index (χ0n) is 7.09. The molecule has 11 heavy (non-hydrogen) atoms. The molecule has 1 N–H and O–H groups in total. The van der Waals surface area contributed by atoms with Gasteiger partial charge in [0.15, 0.2) is 0 Å². The zero-order valence-corrected chi connectivity index (χ0v) is 7.09. The van der Waals surface area contributed by atoms with Crippen LogP contribution in [0.5, 0.6) is 0 Å². The number of hydrogen-bond donors (Lipinski definition) is 1. The van der Waals surface area contributed by atoms with E-state index in [4.69, 9.17) is 0 Å². The molecule has 0 saturated carbocycles. The number of methoxy groups -OCH3 is 1. The maximum atomic E-state index is 11.1. The van der Waals surface area contributed by atoms with E-state index in [0.29, 0.717) is 0 Å². The van der Waals surface area contributed by atoms with Gasteiger partial charge in [-0.3, -0.25) is 4.79 Å². The summed E-state index contributed by atoms with van der Waals surface area (Å²) in [6.45, 7) is 3.05. The average Bonchev–Trinajstić information content (AvgIpc) is 2.04. The van der Waals surface area contributed by atoms with Gasteiger partial charge in [-0.15, -0.1) is 0 Å². The Morgan fingerprint density at radius 3 is 2.91 bits per heavy atom. The highest BCUT2D eigenvalue weighted by molar-refractivity contribution is 5.73. The summed E-state index contributed by atoms with van der Waals surface area (Å²) in [5.41, 5.74) is 0. The van der Waals surface area contributed by atoms with Gasteiger partial charge in [0, 0.05) is 6.04 Å². The van der Waals surface area contributed by atoms with E-state index in [2.05, 4.69) is 10.1 Å². The molecular formula is C8H15NO2. The summed E-state index contributed by atoms with van der Waals surface area (Å²) in [6.07, 6.45) is 2.03. The van der Waals surface area contributed by atoms with E-state index in [1.54, 1.807) is 0 Å². The summed E-state index contributed by atoms with van der Waals surface area (Å²) in [5, 5.41) is 3.25. The van der Waals surface area contributed by atoms with E-state index in [1.807, 2.05) is 6.92 Å². The number of carbonyl (C=O) groups excluding carboxylic acids is 1. The molecule has 1 aliphatic rings. The summed E-state index contributed by atoms with van der Waals surface area (Å²) >= 11 is 0. The predicted molar refractivity (Wildman–Crippen MR) is 42.2 cm³/mol. The lowest BCUT2D eigenvalue weighted by Crippen LogP contribution is -2.43. The summed E-state index contributed by atoms with van der Waals surface area (Å²) in [7, 11) is 1.45. The van der Waals surface area contributed by atoms with Gasteiger partial charge in [0.05, 0.1) is 13.0 Å². The fraction of sp³-hybridized carbons (Fsp3) is 0.875.